The van der Waals surface area contributed by atoms with Gasteiger partial charge in [0.2, 0.25) is 0 Å². The third kappa shape index (κ3) is 4.37. The maximum atomic E-state index is 13.8. The van der Waals surface area contributed by atoms with Gasteiger partial charge in [-0.25, -0.2) is 0 Å². The highest BCUT2D eigenvalue weighted by molar-refractivity contribution is 5.98. The maximum absolute atomic E-state index is 13.8. The smallest absolute Gasteiger partial charge is 0.387 e. The summed E-state index contributed by atoms with van der Waals surface area (Å²) in [6, 6.07) is 9.16. The minimum Gasteiger partial charge on any atom is -0.496 e. The first-order valence-electron chi connectivity index (χ1n) is 11.2. The lowest BCUT2D eigenvalue weighted by atomic mass is 10.1. The van der Waals surface area contributed by atoms with Crippen LogP contribution in [0.15, 0.2) is 53.3 Å². The van der Waals surface area contributed by atoms with Crippen molar-refractivity contribution in [3.63, 3.8) is 0 Å². The van der Waals surface area contributed by atoms with Gasteiger partial charge in [-0.3, -0.25) is 4.79 Å². The van der Waals surface area contributed by atoms with Crippen molar-refractivity contribution in [3.8, 4) is 28.6 Å². The standard InChI is InChI=1S/C24H22F2N6O4/c1-14-12-18(32-27-9-10-28-32)16(13-20(14)34-2)23(33)31-11-5-7-17(31)21-29-22(36-30-21)15-6-3-4-8-19(15)35-24(25)26/h3-4,6,8-10,12-13,17,24H,5,7,11H2,1-2H3/t17-/m0/s1. The van der Waals surface area contributed by atoms with Crippen LogP contribution in [0.2, 0.25) is 0 Å². The van der Waals surface area contributed by atoms with E-state index in [2.05, 4.69) is 25.1 Å². The molecule has 12 heteroatoms. The van der Waals surface area contributed by atoms with E-state index < -0.39 is 12.7 Å². The number of ether oxygens (including phenoxy) is 2. The Hall–Kier alpha value is -4.35. The van der Waals surface area contributed by atoms with Crippen LogP contribution in [-0.4, -0.2) is 56.2 Å². The fraction of sp³-hybridized carbons (Fsp3) is 0.292. The lowest BCUT2D eigenvalue weighted by Crippen LogP contribution is -2.32. The highest BCUT2D eigenvalue weighted by Crippen LogP contribution is 2.36. The predicted octanol–water partition coefficient (Wildman–Crippen LogP) is 4.21. The first-order valence-corrected chi connectivity index (χ1v) is 11.2. The number of para-hydroxylation sites is 1. The average Bonchev–Trinajstić information content (AvgIpc) is 3.65. The Morgan fingerprint density at radius 1 is 1.17 bits per heavy atom. The molecule has 0 saturated carbocycles. The molecular formula is C24H22F2N6O4. The lowest BCUT2D eigenvalue weighted by Gasteiger charge is -2.24. The summed E-state index contributed by atoms with van der Waals surface area (Å²) in [4.78, 5) is 21.3. The number of methoxy groups -OCH3 is 1. The van der Waals surface area contributed by atoms with Crippen LogP contribution in [0.25, 0.3) is 17.1 Å². The lowest BCUT2D eigenvalue weighted by molar-refractivity contribution is -0.0495. The first kappa shape index (κ1) is 23.4. The topological polar surface area (TPSA) is 108 Å². The second-order valence-corrected chi connectivity index (χ2v) is 8.15. The fourth-order valence-electron chi connectivity index (χ4n) is 4.32. The average molecular weight is 496 g/mol. The molecule has 5 rings (SSSR count). The van der Waals surface area contributed by atoms with E-state index in [4.69, 9.17) is 9.26 Å². The summed E-state index contributed by atoms with van der Waals surface area (Å²) in [6.45, 7) is -0.656. The van der Waals surface area contributed by atoms with Gasteiger partial charge in [0.1, 0.15) is 11.5 Å². The van der Waals surface area contributed by atoms with E-state index in [1.54, 1.807) is 35.2 Å². The molecule has 3 heterocycles. The van der Waals surface area contributed by atoms with Gasteiger partial charge in [-0.05, 0) is 49.6 Å². The van der Waals surface area contributed by atoms with Gasteiger partial charge in [-0.2, -0.15) is 28.8 Å². The van der Waals surface area contributed by atoms with Gasteiger partial charge in [-0.15, -0.1) is 0 Å². The zero-order chi connectivity index (χ0) is 25.2. The minimum absolute atomic E-state index is 0.0268. The molecule has 10 nitrogen and oxygen atoms in total. The summed E-state index contributed by atoms with van der Waals surface area (Å²) in [5.41, 5.74) is 1.94. The van der Waals surface area contributed by atoms with E-state index in [0.717, 1.165) is 12.0 Å². The highest BCUT2D eigenvalue weighted by Gasteiger charge is 2.36. The van der Waals surface area contributed by atoms with Crippen LogP contribution >= 0.6 is 0 Å². The summed E-state index contributed by atoms with van der Waals surface area (Å²) in [5.74, 6) is 0.517. The van der Waals surface area contributed by atoms with Crippen LogP contribution in [0, 0.1) is 6.92 Å². The monoisotopic (exact) mass is 496 g/mol. The molecule has 1 amide bonds. The van der Waals surface area contributed by atoms with Crippen molar-refractivity contribution in [2.75, 3.05) is 13.7 Å². The van der Waals surface area contributed by atoms with E-state index in [1.165, 1.54) is 30.4 Å². The van der Waals surface area contributed by atoms with Gasteiger partial charge >= 0.3 is 6.61 Å². The largest absolute Gasteiger partial charge is 0.496 e. The van der Waals surface area contributed by atoms with Crippen molar-refractivity contribution in [2.45, 2.75) is 32.4 Å². The molecule has 1 saturated heterocycles. The molecule has 1 fully saturated rings. The summed E-state index contributed by atoms with van der Waals surface area (Å²) < 4.78 is 41.1. The van der Waals surface area contributed by atoms with E-state index >= 15 is 0 Å². The van der Waals surface area contributed by atoms with Crippen LogP contribution in [-0.2, 0) is 0 Å². The van der Waals surface area contributed by atoms with E-state index in [1.807, 2.05) is 6.92 Å². The van der Waals surface area contributed by atoms with Gasteiger partial charge in [0.05, 0.1) is 42.4 Å². The minimum atomic E-state index is -3.00. The molecule has 0 spiro atoms. The number of aryl methyl sites for hydroxylation is 1. The number of hydrogen-bond acceptors (Lipinski definition) is 8. The van der Waals surface area contributed by atoms with Crippen LogP contribution < -0.4 is 9.47 Å². The number of hydrogen-bond donors (Lipinski definition) is 0. The molecule has 0 radical (unpaired) electrons. The predicted molar refractivity (Wildman–Crippen MR) is 122 cm³/mol. The zero-order valence-corrected chi connectivity index (χ0v) is 19.5. The second-order valence-electron chi connectivity index (χ2n) is 8.15. The number of benzene rings is 2. The molecule has 1 aliphatic rings. The summed E-state index contributed by atoms with van der Waals surface area (Å²) in [7, 11) is 1.54. The third-order valence-corrected chi connectivity index (χ3v) is 5.96. The first-order chi connectivity index (χ1) is 17.5. The number of nitrogens with zero attached hydrogens (tertiary/aromatic N) is 6. The molecule has 2 aromatic heterocycles. The summed E-state index contributed by atoms with van der Waals surface area (Å²) in [6.07, 6.45) is 4.40. The van der Waals surface area contributed by atoms with Gasteiger partial charge in [-0.1, -0.05) is 17.3 Å². The Morgan fingerprint density at radius 3 is 2.69 bits per heavy atom. The quantitative estimate of drug-likeness (QED) is 0.374. The Bertz CT molecular complexity index is 1370. The van der Waals surface area contributed by atoms with Crippen LogP contribution in [0.1, 0.15) is 40.6 Å². The zero-order valence-electron chi connectivity index (χ0n) is 19.5. The Labute approximate surface area is 204 Å². The van der Waals surface area contributed by atoms with Gasteiger partial charge in [0.25, 0.3) is 11.8 Å². The SMILES string of the molecule is COc1cc(C(=O)N2CCC[C@H]2c2noc(-c3ccccc3OC(F)F)n2)c(-n2nccn2)cc1C. The second kappa shape index (κ2) is 9.72. The van der Waals surface area contributed by atoms with E-state index in [9.17, 15) is 13.6 Å². The summed E-state index contributed by atoms with van der Waals surface area (Å²) >= 11 is 0. The van der Waals surface area contributed by atoms with Crippen molar-refractivity contribution in [2.24, 2.45) is 0 Å². The molecule has 1 aliphatic heterocycles. The van der Waals surface area contributed by atoms with Crippen molar-refractivity contribution >= 4 is 5.91 Å². The number of rotatable bonds is 7. The maximum Gasteiger partial charge on any atom is 0.387 e. The fourth-order valence-corrected chi connectivity index (χ4v) is 4.32. The molecule has 0 aliphatic carbocycles. The Morgan fingerprint density at radius 2 is 1.94 bits per heavy atom. The van der Waals surface area contributed by atoms with Crippen molar-refractivity contribution in [1.82, 2.24) is 30.0 Å². The number of halogens is 2. The number of alkyl halides is 2. The molecule has 186 valence electrons. The molecule has 1 atom stereocenters. The van der Waals surface area contributed by atoms with Gasteiger partial charge in [0.15, 0.2) is 5.82 Å². The Kier molecular flexibility index (Phi) is 6.32. The molecular weight excluding hydrogens is 474 g/mol. The van der Waals surface area contributed by atoms with Crippen LogP contribution in [0.5, 0.6) is 11.5 Å². The van der Waals surface area contributed by atoms with Crippen molar-refractivity contribution in [3.05, 3.63) is 65.7 Å². The normalized spacial score (nSPS) is 15.5. The van der Waals surface area contributed by atoms with E-state index in [0.29, 0.717) is 30.0 Å². The van der Waals surface area contributed by atoms with E-state index in [-0.39, 0.29) is 28.9 Å². The van der Waals surface area contributed by atoms with Gasteiger partial charge in [0, 0.05) is 6.54 Å². The number of carbonyl (C=O) groups excluding carboxylic acids is 1. The molecule has 2 aromatic carbocycles. The van der Waals surface area contributed by atoms with Crippen molar-refractivity contribution in [1.29, 1.82) is 0 Å². The van der Waals surface area contributed by atoms with Crippen LogP contribution in [0.4, 0.5) is 8.78 Å². The number of likely N-dealkylation sites (tertiary alicyclic amines) is 1. The molecule has 4 aromatic rings. The molecule has 0 bridgehead atoms. The number of amides is 1. The number of aromatic nitrogens is 5. The Balaban J connectivity index is 1.48. The highest BCUT2D eigenvalue weighted by atomic mass is 19.3. The van der Waals surface area contributed by atoms with Crippen LogP contribution in [0.3, 0.4) is 0 Å². The molecule has 0 unspecified atom stereocenters. The third-order valence-electron chi connectivity index (χ3n) is 5.96. The molecule has 0 N–H and O–H groups in total. The molecule has 36 heavy (non-hydrogen) atoms. The number of carbonyl (C=O) groups is 1. The summed E-state index contributed by atoms with van der Waals surface area (Å²) in [5, 5.41) is 12.4. The van der Waals surface area contributed by atoms with Gasteiger partial charge < -0.3 is 18.9 Å². The van der Waals surface area contributed by atoms with Crippen molar-refractivity contribution < 1.29 is 27.6 Å².